The molecule has 0 aliphatic carbocycles. The van der Waals surface area contributed by atoms with Gasteiger partial charge in [0, 0.05) is 47.7 Å². The Labute approximate surface area is 124 Å². The number of amides is 2. The minimum Gasteiger partial charge on any atom is -0.497 e. The van der Waals surface area contributed by atoms with Crippen molar-refractivity contribution < 1.29 is 9.53 Å². The Bertz CT molecular complexity index is 675. The van der Waals surface area contributed by atoms with Crippen LogP contribution < -0.4 is 10.1 Å². The molecule has 2 N–H and O–H groups in total. The van der Waals surface area contributed by atoms with Gasteiger partial charge in [0.1, 0.15) is 5.75 Å². The van der Waals surface area contributed by atoms with Crippen LogP contribution in [0, 0.1) is 0 Å². The molecule has 0 saturated heterocycles. The summed E-state index contributed by atoms with van der Waals surface area (Å²) in [6, 6.07) is 6.18. The van der Waals surface area contributed by atoms with E-state index in [1.807, 2.05) is 36.9 Å². The van der Waals surface area contributed by atoms with Crippen molar-refractivity contribution >= 4 is 16.9 Å². The van der Waals surface area contributed by atoms with Crippen molar-refractivity contribution in [3.8, 4) is 5.75 Å². The number of nitrogens with zero attached hydrogens (tertiary/aromatic N) is 1. The van der Waals surface area contributed by atoms with Gasteiger partial charge in [-0.25, -0.2) is 4.79 Å². The number of benzene rings is 1. The molecule has 3 rings (SSSR count). The molecule has 0 fully saturated rings. The zero-order valence-corrected chi connectivity index (χ0v) is 12.7. The van der Waals surface area contributed by atoms with E-state index in [1.165, 1.54) is 11.3 Å². The van der Waals surface area contributed by atoms with Crippen LogP contribution in [0.1, 0.15) is 25.1 Å². The zero-order chi connectivity index (χ0) is 15.0. The van der Waals surface area contributed by atoms with Crippen LogP contribution in [0.5, 0.6) is 5.75 Å². The van der Waals surface area contributed by atoms with Crippen molar-refractivity contribution in [1.82, 2.24) is 15.2 Å². The van der Waals surface area contributed by atoms with Gasteiger partial charge in [-0.3, -0.25) is 0 Å². The molecule has 0 unspecified atom stereocenters. The topological polar surface area (TPSA) is 57.4 Å². The van der Waals surface area contributed by atoms with E-state index in [0.717, 1.165) is 29.6 Å². The number of aromatic nitrogens is 1. The number of carbonyl (C=O) groups is 1. The minimum absolute atomic E-state index is 0.00731. The van der Waals surface area contributed by atoms with Crippen molar-refractivity contribution in [2.24, 2.45) is 0 Å². The van der Waals surface area contributed by atoms with Gasteiger partial charge >= 0.3 is 6.03 Å². The number of hydrogen-bond donors (Lipinski definition) is 2. The molecule has 0 bridgehead atoms. The fourth-order valence-electron chi connectivity index (χ4n) is 2.83. The number of rotatable bonds is 2. The molecule has 21 heavy (non-hydrogen) atoms. The second-order valence-corrected chi connectivity index (χ2v) is 5.77. The van der Waals surface area contributed by atoms with Crippen molar-refractivity contribution in [2.75, 3.05) is 13.7 Å². The molecule has 112 valence electrons. The monoisotopic (exact) mass is 287 g/mol. The number of aromatic amines is 1. The molecule has 1 aromatic carbocycles. The first-order valence-corrected chi connectivity index (χ1v) is 7.31. The normalized spacial score (nSPS) is 14.4. The van der Waals surface area contributed by atoms with Crippen LogP contribution in [0.15, 0.2) is 18.2 Å². The number of ether oxygens (including phenoxy) is 1. The summed E-state index contributed by atoms with van der Waals surface area (Å²) in [5, 5.41) is 4.10. The lowest BCUT2D eigenvalue weighted by molar-refractivity contribution is 0.190. The highest BCUT2D eigenvalue weighted by Gasteiger charge is 2.24. The van der Waals surface area contributed by atoms with Gasteiger partial charge in [-0.1, -0.05) is 0 Å². The zero-order valence-electron chi connectivity index (χ0n) is 12.7. The number of fused-ring (bicyclic) bond motifs is 3. The minimum atomic E-state index is 0.00731. The molecule has 0 saturated carbocycles. The van der Waals surface area contributed by atoms with Crippen LogP contribution in [-0.2, 0) is 13.0 Å². The second-order valence-electron chi connectivity index (χ2n) is 5.77. The van der Waals surface area contributed by atoms with E-state index in [1.54, 1.807) is 7.11 Å². The molecule has 2 amide bonds. The van der Waals surface area contributed by atoms with Crippen LogP contribution in [-0.4, -0.2) is 35.6 Å². The molecule has 0 radical (unpaired) electrons. The third kappa shape index (κ3) is 2.55. The summed E-state index contributed by atoms with van der Waals surface area (Å²) in [6.45, 7) is 5.34. The maximum Gasteiger partial charge on any atom is 0.317 e. The molecule has 2 heterocycles. The third-order valence-corrected chi connectivity index (χ3v) is 3.88. The Balaban J connectivity index is 1.92. The number of methoxy groups -OCH3 is 1. The van der Waals surface area contributed by atoms with Gasteiger partial charge in [-0.05, 0) is 32.0 Å². The number of hydrogen-bond acceptors (Lipinski definition) is 2. The summed E-state index contributed by atoms with van der Waals surface area (Å²) in [7, 11) is 1.67. The lowest BCUT2D eigenvalue weighted by atomic mass is 10.0. The molecule has 0 spiro atoms. The predicted octanol–water partition coefficient (Wildman–Crippen LogP) is 2.65. The van der Waals surface area contributed by atoms with Crippen molar-refractivity contribution in [1.29, 1.82) is 0 Å². The number of carbonyl (C=O) groups excluding carboxylic acids is 1. The van der Waals surface area contributed by atoms with Crippen molar-refractivity contribution in [3.05, 3.63) is 29.5 Å². The molecule has 1 aliphatic heterocycles. The summed E-state index contributed by atoms with van der Waals surface area (Å²) in [6.07, 6.45) is 0.859. The summed E-state index contributed by atoms with van der Waals surface area (Å²) in [5.41, 5.74) is 3.54. The van der Waals surface area contributed by atoms with Crippen molar-refractivity contribution in [3.63, 3.8) is 0 Å². The first-order valence-electron chi connectivity index (χ1n) is 7.31. The van der Waals surface area contributed by atoms with E-state index in [2.05, 4.69) is 10.3 Å². The van der Waals surface area contributed by atoms with Gasteiger partial charge in [-0.2, -0.15) is 0 Å². The van der Waals surface area contributed by atoms with E-state index in [0.29, 0.717) is 6.54 Å². The first kappa shape index (κ1) is 13.8. The maximum atomic E-state index is 12.2. The van der Waals surface area contributed by atoms with E-state index < -0.39 is 0 Å². The van der Waals surface area contributed by atoms with Crippen LogP contribution in [0.25, 0.3) is 10.9 Å². The van der Waals surface area contributed by atoms with Gasteiger partial charge in [0.2, 0.25) is 0 Å². The van der Waals surface area contributed by atoms with Crippen LogP contribution in [0.4, 0.5) is 4.79 Å². The Morgan fingerprint density at radius 3 is 2.95 bits per heavy atom. The van der Waals surface area contributed by atoms with E-state index in [4.69, 9.17) is 4.74 Å². The highest BCUT2D eigenvalue weighted by molar-refractivity contribution is 5.87. The molecular formula is C16H21N3O2. The van der Waals surface area contributed by atoms with Crippen LogP contribution in [0.3, 0.4) is 0 Å². The quantitative estimate of drug-likeness (QED) is 0.892. The molecule has 0 atom stereocenters. The number of nitrogens with one attached hydrogen (secondary N) is 2. The standard InChI is InChI=1S/C16H21N3O2/c1-10(2)17-16(20)19-7-6-15-13(9-19)12-8-11(21-3)4-5-14(12)18-15/h4-5,8,10,18H,6-7,9H2,1-3H3,(H,17,20). The smallest absolute Gasteiger partial charge is 0.317 e. The van der Waals surface area contributed by atoms with E-state index >= 15 is 0 Å². The molecule has 5 heteroatoms. The fraction of sp³-hybridized carbons (Fsp3) is 0.438. The summed E-state index contributed by atoms with van der Waals surface area (Å²) in [5.74, 6) is 0.841. The lowest BCUT2D eigenvalue weighted by Gasteiger charge is -2.28. The van der Waals surface area contributed by atoms with Gasteiger partial charge in [0.15, 0.2) is 0 Å². The first-order chi connectivity index (χ1) is 10.1. The number of H-pyrrole nitrogens is 1. The Morgan fingerprint density at radius 2 is 2.24 bits per heavy atom. The lowest BCUT2D eigenvalue weighted by Crippen LogP contribution is -2.45. The average Bonchev–Trinajstić information content (AvgIpc) is 2.83. The largest absolute Gasteiger partial charge is 0.497 e. The summed E-state index contributed by atoms with van der Waals surface area (Å²) < 4.78 is 5.30. The fourth-order valence-corrected chi connectivity index (χ4v) is 2.83. The second kappa shape index (κ2) is 5.31. The van der Waals surface area contributed by atoms with Gasteiger partial charge in [0.05, 0.1) is 7.11 Å². The third-order valence-electron chi connectivity index (χ3n) is 3.88. The number of urea groups is 1. The van der Waals surface area contributed by atoms with Crippen molar-refractivity contribution in [2.45, 2.75) is 32.9 Å². The summed E-state index contributed by atoms with van der Waals surface area (Å²) in [4.78, 5) is 17.5. The van der Waals surface area contributed by atoms with Crippen LogP contribution >= 0.6 is 0 Å². The average molecular weight is 287 g/mol. The highest BCUT2D eigenvalue weighted by atomic mass is 16.5. The summed E-state index contributed by atoms with van der Waals surface area (Å²) >= 11 is 0. The Hall–Kier alpha value is -2.17. The van der Waals surface area contributed by atoms with Gasteiger partial charge < -0.3 is 19.9 Å². The van der Waals surface area contributed by atoms with E-state index in [-0.39, 0.29) is 12.1 Å². The van der Waals surface area contributed by atoms with Gasteiger partial charge in [0.25, 0.3) is 0 Å². The Kier molecular flexibility index (Phi) is 3.49. The van der Waals surface area contributed by atoms with Crippen LogP contribution in [0.2, 0.25) is 0 Å². The molecule has 1 aromatic heterocycles. The molecule has 2 aromatic rings. The predicted molar refractivity (Wildman–Crippen MR) is 82.6 cm³/mol. The maximum absolute atomic E-state index is 12.2. The highest BCUT2D eigenvalue weighted by Crippen LogP contribution is 2.30. The van der Waals surface area contributed by atoms with E-state index in [9.17, 15) is 4.79 Å². The molecular weight excluding hydrogens is 266 g/mol. The van der Waals surface area contributed by atoms with Gasteiger partial charge in [-0.15, -0.1) is 0 Å². The molecule has 5 nitrogen and oxygen atoms in total. The Morgan fingerprint density at radius 1 is 1.43 bits per heavy atom. The molecule has 1 aliphatic rings. The SMILES string of the molecule is COc1ccc2[nH]c3c(c2c1)CN(C(=O)NC(C)C)CC3.